The first-order chi connectivity index (χ1) is 16.5. The highest BCUT2D eigenvalue weighted by molar-refractivity contribution is 6.25. The molecule has 0 radical (unpaired) electrons. The number of amides is 4. The molecule has 34 heavy (non-hydrogen) atoms. The molecule has 0 spiro atoms. The molecule has 5 rings (SSSR count). The van der Waals surface area contributed by atoms with Crippen LogP contribution in [0.5, 0.6) is 5.75 Å². The molecule has 172 valence electrons. The Morgan fingerprint density at radius 3 is 2.65 bits per heavy atom. The Kier molecular flexibility index (Phi) is 5.33. The van der Waals surface area contributed by atoms with Crippen LogP contribution in [0.1, 0.15) is 39.3 Å². The van der Waals surface area contributed by atoms with Gasteiger partial charge >= 0.3 is 0 Å². The van der Waals surface area contributed by atoms with E-state index in [0.29, 0.717) is 17.3 Å². The first kappa shape index (κ1) is 21.4. The molecule has 3 aromatic rings. The molecule has 0 saturated carbocycles. The lowest BCUT2D eigenvalue weighted by Crippen LogP contribution is -2.54. The highest BCUT2D eigenvalue weighted by atomic mass is 16.5. The fourth-order valence-electron chi connectivity index (χ4n) is 4.10. The molecule has 2 N–H and O–H groups in total. The molecular formula is C24H20N4O6. The number of hydrogen-bond acceptors (Lipinski definition) is 8. The van der Waals surface area contributed by atoms with Gasteiger partial charge in [0.1, 0.15) is 17.6 Å². The Bertz CT molecular complexity index is 1310. The largest absolute Gasteiger partial charge is 0.497 e. The summed E-state index contributed by atoms with van der Waals surface area (Å²) in [5.74, 6) is -0.501. The lowest BCUT2D eigenvalue weighted by molar-refractivity contribution is -0.136. The van der Waals surface area contributed by atoms with E-state index in [9.17, 15) is 19.2 Å². The Morgan fingerprint density at radius 1 is 1.12 bits per heavy atom. The van der Waals surface area contributed by atoms with Gasteiger partial charge in [0, 0.05) is 17.7 Å². The molecule has 1 unspecified atom stereocenters. The van der Waals surface area contributed by atoms with Gasteiger partial charge in [0.15, 0.2) is 0 Å². The maximum absolute atomic E-state index is 13.2. The number of ether oxygens (including phenoxy) is 1. The smallest absolute Gasteiger partial charge is 0.264 e. The summed E-state index contributed by atoms with van der Waals surface area (Å²) in [4.78, 5) is 55.1. The van der Waals surface area contributed by atoms with Crippen LogP contribution in [0.2, 0.25) is 0 Å². The van der Waals surface area contributed by atoms with Crippen molar-refractivity contribution >= 4 is 29.3 Å². The standard InChI is InChI=1S/C24H20N4O6/c1-33-14-7-5-13(6-8-14)22-26-12-15(34-22)11-25-17-4-2-3-16-20(17)24(32)28(23(16)31)18-9-10-19(29)27-21(18)30/h2-8,12,18,25H,9-11H2,1H3,(H,27,29,30). The van der Waals surface area contributed by atoms with E-state index in [1.165, 1.54) is 0 Å². The zero-order chi connectivity index (χ0) is 23.8. The van der Waals surface area contributed by atoms with Crippen LogP contribution in [0, 0.1) is 0 Å². The summed E-state index contributed by atoms with van der Waals surface area (Å²) in [6, 6.07) is 11.1. The van der Waals surface area contributed by atoms with Crippen LogP contribution < -0.4 is 15.4 Å². The van der Waals surface area contributed by atoms with Crippen molar-refractivity contribution in [2.75, 3.05) is 12.4 Å². The fourth-order valence-corrected chi connectivity index (χ4v) is 4.10. The Hall–Kier alpha value is -4.47. The number of rotatable bonds is 6. The summed E-state index contributed by atoms with van der Waals surface area (Å²) >= 11 is 0. The van der Waals surface area contributed by atoms with Gasteiger partial charge in [-0.15, -0.1) is 0 Å². The van der Waals surface area contributed by atoms with Gasteiger partial charge in [-0.1, -0.05) is 6.07 Å². The average Bonchev–Trinajstić information content (AvgIpc) is 3.42. The van der Waals surface area contributed by atoms with Crippen LogP contribution in [0.25, 0.3) is 11.5 Å². The lowest BCUT2D eigenvalue weighted by Gasteiger charge is -2.27. The van der Waals surface area contributed by atoms with Crippen molar-refractivity contribution in [3.63, 3.8) is 0 Å². The number of carbonyl (C=O) groups is 4. The van der Waals surface area contributed by atoms with Crippen LogP contribution in [0.3, 0.4) is 0 Å². The van der Waals surface area contributed by atoms with E-state index in [1.807, 2.05) is 24.3 Å². The van der Waals surface area contributed by atoms with Gasteiger partial charge in [-0.3, -0.25) is 29.4 Å². The lowest BCUT2D eigenvalue weighted by atomic mass is 10.0. The van der Waals surface area contributed by atoms with Gasteiger partial charge in [-0.25, -0.2) is 4.98 Å². The number of aromatic nitrogens is 1. The van der Waals surface area contributed by atoms with E-state index in [2.05, 4.69) is 15.6 Å². The van der Waals surface area contributed by atoms with Crippen molar-refractivity contribution in [1.82, 2.24) is 15.2 Å². The summed E-state index contributed by atoms with van der Waals surface area (Å²) in [5.41, 5.74) is 1.62. The number of nitrogens with zero attached hydrogens (tertiary/aromatic N) is 2. The minimum Gasteiger partial charge on any atom is -0.497 e. The third kappa shape index (κ3) is 3.68. The first-order valence-corrected chi connectivity index (χ1v) is 10.6. The summed E-state index contributed by atoms with van der Waals surface area (Å²) < 4.78 is 11.0. The quantitative estimate of drug-likeness (QED) is 0.536. The number of carbonyl (C=O) groups excluding carboxylic acids is 4. The van der Waals surface area contributed by atoms with Crippen molar-refractivity contribution in [3.8, 4) is 17.2 Å². The Morgan fingerprint density at radius 2 is 1.91 bits per heavy atom. The molecule has 0 bridgehead atoms. The van der Waals surface area contributed by atoms with Crippen molar-refractivity contribution in [3.05, 3.63) is 65.5 Å². The maximum atomic E-state index is 13.2. The van der Waals surface area contributed by atoms with Crippen LogP contribution in [0.4, 0.5) is 5.69 Å². The topological polar surface area (TPSA) is 131 Å². The maximum Gasteiger partial charge on any atom is 0.264 e. The number of benzene rings is 2. The molecular weight excluding hydrogens is 440 g/mol. The number of methoxy groups -OCH3 is 1. The number of piperidine rings is 1. The number of oxazole rings is 1. The molecule has 1 atom stereocenters. The van der Waals surface area contributed by atoms with E-state index in [4.69, 9.17) is 9.15 Å². The summed E-state index contributed by atoms with van der Waals surface area (Å²) in [6.45, 7) is 0.222. The second-order valence-electron chi connectivity index (χ2n) is 7.89. The highest BCUT2D eigenvalue weighted by Gasteiger charge is 2.45. The summed E-state index contributed by atoms with van der Waals surface area (Å²) in [5, 5.41) is 5.32. The number of nitrogens with one attached hydrogen (secondary N) is 2. The molecule has 4 amide bonds. The Balaban J connectivity index is 1.34. The minimum atomic E-state index is -1.01. The van der Waals surface area contributed by atoms with Crippen molar-refractivity contribution in [2.45, 2.75) is 25.4 Å². The zero-order valence-corrected chi connectivity index (χ0v) is 18.2. The highest BCUT2D eigenvalue weighted by Crippen LogP contribution is 2.32. The van der Waals surface area contributed by atoms with E-state index in [0.717, 1.165) is 16.2 Å². The van der Waals surface area contributed by atoms with Crippen molar-refractivity contribution < 1.29 is 28.3 Å². The number of anilines is 1. The third-order valence-corrected chi connectivity index (χ3v) is 5.81. The molecule has 10 nitrogen and oxygen atoms in total. The first-order valence-electron chi connectivity index (χ1n) is 10.6. The molecule has 3 heterocycles. The van der Waals surface area contributed by atoms with Gasteiger partial charge in [-0.05, 0) is 42.8 Å². The van der Waals surface area contributed by atoms with Gasteiger partial charge in [0.2, 0.25) is 17.7 Å². The molecule has 1 fully saturated rings. The predicted molar refractivity (Wildman–Crippen MR) is 119 cm³/mol. The van der Waals surface area contributed by atoms with Gasteiger partial charge < -0.3 is 14.5 Å². The zero-order valence-electron chi connectivity index (χ0n) is 18.2. The van der Waals surface area contributed by atoms with E-state index < -0.39 is 29.7 Å². The van der Waals surface area contributed by atoms with Gasteiger partial charge in [0.25, 0.3) is 11.8 Å². The van der Waals surface area contributed by atoms with Crippen LogP contribution in [-0.2, 0) is 16.1 Å². The minimum absolute atomic E-state index is 0.0664. The number of imide groups is 2. The summed E-state index contributed by atoms with van der Waals surface area (Å²) in [7, 11) is 1.59. The van der Waals surface area contributed by atoms with Crippen LogP contribution in [-0.4, -0.2) is 46.7 Å². The van der Waals surface area contributed by atoms with E-state index >= 15 is 0 Å². The van der Waals surface area contributed by atoms with Crippen molar-refractivity contribution in [1.29, 1.82) is 0 Å². The van der Waals surface area contributed by atoms with Gasteiger partial charge in [0.05, 0.1) is 31.0 Å². The normalized spacial score (nSPS) is 17.6. The molecule has 2 aliphatic heterocycles. The SMILES string of the molecule is COc1ccc(-c2ncc(CNc3cccc4c3C(=O)N(C3CCC(=O)NC3=O)C4=O)o2)cc1. The second-order valence-corrected chi connectivity index (χ2v) is 7.89. The van der Waals surface area contributed by atoms with E-state index in [1.54, 1.807) is 31.5 Å². The van der Waals surface area contributed by atoms with Crippen LogP contribution in [0.15, 0.2) is 53.1 Å². The fraction of sp³-hybridized carbons (Fsp3) is 0.208. The predicted octanol–water partition coefficient (Wildman–Crippen LogP) is 2.36. The number of fused-ring (bicyclic) bond motifs is 1. The third-order valence-electron chi connectivity index (χ3n) is 5.81. The second kappa shape index (κ2) is 8.47. The number of hydrogen-bond donors (Lipinski definition) is 2. The Labute approximate surface area is 193 Å². The molecule has 10 heteroatoms. The van der Waals surface area contributed by atoms with Crippen LogP contribution >= 0.6 is 0 Å². The van der Waals surface area contributed by atoms with Crippen molar-refractivity contribution in [2.24, 2.45) is 0 Å². The molecule has 1 saturated heterocycles. The van der Waals surface area contributed by atoms with E-state index in [-0.39, 0.29) is 30.5 Å². The molecule has 2 aliphatic rings. The molecule has 1 aromatic heterocycles. The summed E-state index contributed by atoms with van der Waals surface area (Å²) in [6.07, 6.45) is 1.75. The average molecular weight is 460 g/mol. The monoisotopic (exact) mass is 460 g/mol. The molecule has 0 aliphatic carbocycles. The molecule has 2 aromatic carbocycles. The van der Waals surface area contributed by atoms with Gasteiger partial charge in [-0.2, -0.15) is 0 Å².